The number of pyridine rings is 1. The molecule has 0 amide bonds. The molecule has 4 heteroatoms. The summed E-state index contributed by atoms with van der Waals surface area (Å²) >= 11 is 5.73. The zero-order valence-corrected chi connectivity index (χ0v) is 9.82. The largest absolute Gasteiger partial charge is 0.489 e. The molecule has 0 spiro atoms. The Labute approximate surface area is 104 Å². The molecule has 2 rings (SSSR count). The first-order chi connectivity index (χ1) is 8.29. The molecule has 0 radical (unpaired) electrons. The smallest absolute Gasteiger partial charge is 0.124 e. The third kappa shape index (κ3) is 3.17. The van der Waals surface area contributed by atoms with E-state index in [1.165, 1.54) is 12.1 Å². The van der Waals surface area contributed by atoms with Gasteiger partial charge >= 0.3 is 0 Å². The number of rotatable bonds is 4. The number of alkyl halides is 1. The number of hydrogen-bond acceptors (Lipinski definition) is 2. The molecule has 17 heavy (non-hydrogen) atoms. The average Bonchev–Trinajstić information content (AvgIpc) is 2.38. The quantitative estimate of drug-likeness (QED) is 0.776. The number of halogens is 2. The molecule has 0 saturated heterocycles. The molecule has 0 aliphatic rings. The molecular weight excluding hydrogens is 241 g/mol. The van der Waals surface area contributed by atoms with Crippen LogP contribution in [0.1, 0.15) is 11.1 Å². The van der Waals surface area contributed by atoms with Gasteiger partial charge < -0.3 is 4.74 Å². The van der Waals surface area contributed by atoms with Crippen LogP contribution < -0.4 is 4.74 Å². The van der Waals surface area contributed by atoms with E-state index in [9.17, 15) is 4.39 Å². The molecule has 0 aliphatic heterocycles. The topological polar surface area (TPSA) is 22.1 Å². The maximum absolute atomic E-state index is 13.0. The highest BCUT2D eigenvalue weighted by atomic mass is 35.5. The Hall–Kier alpha value is -1.61. The van der Waals surface area contributed by atoms with Crippen molar-refractivity contribution in [2.24, 2.45) is 0 Å². The number of ether oxygens (including phenoxy) is 1. The fraction of sp³-hybridized carbons (Fsp3) is 0.154. The van der Waals surface area contributed by atoms with Crippen molar-refractivity contribution in [3.8, 4) is 5.75 Å². The molecule has 0 saturated carbocycles. The lowest BCUT2D eigenvalue weighted by Crippen LogP contribution is -1.98. The van der Waals surface area contributed by atoms with Gasteiger partial charge in [0.15, 0.2) is 0 Å². The summed E-state index contributed by atoms with van der Waals surface area (Å²) in [5.41, 5.74) is 1.66. The van der Waals surface area contributed by atoms with Crippen molar-refractivity contribution >= 4 is 11.6 Å². The van der Waals surface area contributed by atoms with E-state index in [4.69, 9.17) is 16.3 Å². The van der Waals surface area contributed by atoms with Gasteiger partial charge in [0.25, 0.3) is 0 Å². The predicted octanol–water partition coefficient (Wildman–Crippen LogP) is 3.54. The van der Waals surface area contributed by atoms with E-state index in [1.807, 2.05) is 12.1 Å². The summed E-state index contributed by atoms with van der Waals surface area (Å²) in [4.78, 5) is 3.92. The van der Waals surface area contributed by atoms with Crippen molar-refractivity contribution in [3.05, 3.63) is 59.7 Å². The minimum atomic E-state index is -0.308. The molecule has 0 aliphatic carbocycles. The molecule has 1 aromatic heterocycles. The van der Waals surface area contributed by atoms with Crippen LogP contribution in [0.3, 0.4) is 0 Å². The normalized spacial score (nSPS) is 10.2. The standard InChI is InChI=1S/C13H11ClFNO/c14-8-11-7-12(15)1-2-13(11)17-9-10-3-5-16-6-4-10/h1-7H,8-9H2. The lowest BCUT2D eigenvalue weighted by molar-refractivity contribution is 0.303. The van der Waals surface area contributed by atoms with E-state index in [2.05, 4.69) is 4.98 Å². The first kappa shape index (κ1) is 11.9. The third-order valence-corrected chi connectivity index (χ3v) is 2.60. The van der Waals surface area contributed by atoms with E-state index in [-0.39, 0.29) is 11.7 Å². The minimum absolute atomic E-state index is 0.226. The van der Waals surface area contributed by atoms with Gasteiger partial charge in [-0.15, -0.1) is 11.6 Å². The Bertz CT molecular complexity index is 490. The molecule has 0 N–H and O–H groups in total. The van der Waals surface area contributed by atoms with Gasteiger partial charge in [-0.3, -0.25) is 4.98 Å². The van der Waals surface area contributed by atoms with E-state index in [0.29, 0.717) is 17.9 Å². The second-order valence-corrected chi connectivity index (χ2v) is 3.80. The number of aromatic nitrogens is 1. The van der Waals surface area contributed by atoms with Gasteiger partial charge in [-0.25, -0.2) is 4.39 Å². The minimum Gasteiger partial charge on any atom is -0.489 e. The molecule has 1 aromatic carbocycles. The number of nitrogens with zero attached hydrogens (tertiary/aromatic N) is 1. The maximum atomic E-state index is 13.0. The SMILES string of the molecule is Fc1ccc(OCc2ccncc2)c(CCl)c1. The molecule has 2 aromatic rings. The van der Waals surface area contributed by atoms with Gasteiger partial charge in [0.2, 0.25) is 0 Å². The highest BCUT2D eigenvalue weighted by Crippen LogP contribution is 2.22. The summed E-state index contributed by atoms with van der Waals surface area (Å²) in [7, 11) is 0. The van der Waals surface area contributed by atoms with Crippen LogP contribution in [0.5, 0.6) is 5.75 Å². The van der Waals surface area contributed by atoms with Crippen molar-refractivity contribution in [1.29, 1.82) is 0 Å². The average molecular weight is 252 g/mol. The highest BCUT2D eigenvalue weighted by Gasteiger charge is 2.04. The van der Waals surface area contributed by atoms with Gasteiger partial charge in [-0.1, -0.05) is 0 Å². The van der Waals surface area contributed by atoms with Crippen LogP contribution in [-0.2, 0) is 12.5 Å². The van der Waals surface area contributed by atoms with Crippen LogP contribution in [-0.4, -0.2) is 4.98 Å². The summed E-state index contributed by atoms with van der Waals surface area (Å²) in [5, 5.41) is 0. The van der Waals surface area contributed by atoms with Crippen molar-refractivity contribution in [2.75, 3.05) is 0 Å². The first-order valence-corrected chi connectivity index (χ1v) is 5.69. The summed E-state index contributed by atoms with van der Waals surface area (Å²) < 4.78 is 18.6. The van der Waals surface area contributed by atoms with Crippen LogP contribution in [0.25, 0.3) is 0 Å². The number of benzene rings is 1. The summed E-state index contributed by atoms with van der Waals surface area (Å²) in [6.07, 6.45) is 3.40. The fourth-order valence-corrected chi connectivity index (χ4v) is 1.64. The Morgan fingerprint density at radius 3 is 2.65 bits per heavy atom. The highest BCUT2D eigenvalue weighted by molar-refractivity contribution is 6.17. The summed E-state index contributed by atoms with van der Waals surface area (Å²) in [6.45, 7) is 0.415. The third-order valence-electron chi connectivity index (χ3n) is 2.31. The molecule has 0 fully saturated rings. The van der Waals surface area contributed by atoms with Crippen LogP contribution in [0.4, 0.5) is 4.39 Å². The monoisotopic (exact) mass is 251 g/mol. The van der Waals surface area contributed by atoms with Gasteiger partial charge in [0, 0.05) is 18.0 Å². The van der Waals surface area contributed by atoms with Crippen LogP contribution in [0, 0.1) is 5.82 Å². The molecule has 0 atom stereocenters. The molecule has 2 nitrogen and oxygen atoms in total. The Morgan fingerprint density at radius 1 is 1.18 bits per heavy atom. The van der Waals surface area contributed by atoms with Crippen LogP contribution in [0.15, 0.2) is 42.7 Å². The fourth-order valence-electron chi connectivity index (χ4n) is 1.43. The molecule has 1 heterocycles. The van der Waals surface area contributed by atoms with E-state index >= 15 is 0 Å². The zero-order chi connectivity index (χ0) is 12.1. The lowest BCUT2D eigenvalue weighted by atomic mass is 10.2. The maximum Gasteiger partial charge on any atom is 0.124 e. The Kier molecular flexibility index (Phi) is 3.94. The zero-order valence-electron chi connectivity index (χ0n) is 9.07. The van der Waals surface area contributed by atoms with Crippen molar-refractivity contribution in [2.45, 2.75) is 12.5 Å². The first-order valence-electron chi connectivity index (χ1n) is 5.15. The summed E-state index contributed by atoms with van der Waals surface area (Å²) in [6, 6.07) is 8.06. The van der Waals surface area contributed by atoms with E-state index in [1.54, 1.807) is 18.5 Å². The molecule has 88 valence electrons. The Morgan fingerprint density at radius 2 is 1.94 bits per heavy atom. The van der Waals surface area contributed by atoms with Crippen molar-refractivity contribution in [1.82, 2.24) is 4.98 Å². The van der Waals surface area contributed by atoms with Gasteiger partial charge in [0.05, 0.1) is 5.88 Å². The van der Waals surface area contributed by atoms with Crippen molar-refractivity contribution in [3.63, 3.8) is 0 Å². The second-order valence-electron chi connectivity index (χ2n) is 3.53. The van der Waals surface area contributed by atoms with E-state index in [0.717, 1.165) is 5.56 Å². The molecule has 0 unspecified atom stereocenters. The second kappa shape index (κ2) is 5.64. The predicted molar refractivity (Wildman–Crippen MR) is 64.5 cm³/mol. The van der Waals surface area contributed by atoms with Crippen molar-refractivity contribution < 1.29 is 9.13 Å². The Balaban J connectivity index is 2.09. The van der Waals surface area contributed by atoms with Gasteiger partial charge in [0.1, 0.15) is 18.2 Å². The summed E-state index contributed by atoms with van der Waals surface area (Å²) in [5.74, 6) is 0.527. The van der Waals surface area contributed by atoms with Crippen LogP contribution in [0.2, 0.25) is 0 Å². The molecule has 0 bridgehead atoms. The van der Waals surface area contributed by atoms with Gasteiger partial charge in [-0.2, -0.15) is 0 Å². The van der Waals surface area contributed by atoms with E-state index < -0.39 is 0 Å². The van der Waals surface area contributed by atoms with Crippen LogP contribution >= 0.6 is 11.6 Å². The lowest BCUT2D eigenvalue weighted by Gasteiger charge is -2.09. The number of hydrogen-bond donors (Lipinski definition) is 0. The van der Waals surface area contributed by atoms with Gasteiger partial charge in [-0.05, 0) is 35.9 Å². The molecular formula is C13H11ClFNO.